The molecule has 0 aliphatic heterocycles. The molecule has 2 atom stereocenters. The van der Waals surface area contributed by atoms with Gasteiger partial charge in [-0.1, -0.05) is 27.7 Å². The van der Waals surface area contributed by atoms with Gasteiger partial charge in [-0.25, -0.2) is 0 Å². The van der Waals surface area contributed by atoms with Gasteiger partial charge in [0.25, 0.3) is 0 Å². The highest BCUT2D eigenvalue weighted by molar-refractivity contribution is 4.78. The summed E-state index contributed by atoms with van der Waals surface area (Å²) in [5.41, 5.74) is 2.87. The SMILES string of the molecule is CCOC(C(C)C)C(CC(C)C)NN. The van der Waals surface area contributed by atoms with Crippen molar-refractivity contribution in [2.75, 3.05) is 6.61 Å². The Morgan fingerprint density at radius 3 is 2.07 bits per heavy atom. The summed E-state index contributed by atoms with van der Waals surface area (Å²) >= 11 is 0. The third-order valence-corrected chi connectivity index (χ3v) is 2.35. The lowest BCUT2D eigenvalue weighted by molar-refractivity contribution is -0.00139. The molecule has 0 fully saturated rings. The van der Waals surface area contributed by atoms with E-state index in [-0.39, 0.29) is 12.1 Å². The van der Waals surface area contributed by atoms with Gasteiger partial charge in [0.05, 0.1) is 6.10 Å². The molecule has 0 rings (SSSR count). The summed E-state index contributed by atoms with van der Waals surface area (Å²) in [5, 5.41) is 0. The average Bonchev–Trinajstić information content (AvgIpc) is 2.10. The van der Waals surface area contributed by atoms with Crippen molar-refractivity contribution in [3.8, 4) is 0 Å². The first-order chi connectivity index (χ1) is 6.52. The van der Waals surface area contributed by atoms with Crippen molar-refractivity contribution in [1.82, 2.24) is 5.43 Å². The minimum Gasteiger partial charge on any atom is -0.377 e. The summed E-state index contributed by atoms with van der Waals surface area (Å²) < 4.78 is 5.71. The van der Waals surface area contributed by atoms with Gasteiger partial charge >= 0.3 is 0 Å². The Labute approximate surface area is 88.4 Å². The highest BCUT2D eigenvalue weighted by atomic mass is 16.5. The molecule has 0 saturated carbocycles. The molecule has 3 N–H and O–H groups in total. The number of hydrogen-bond donors (Lipinski definition) is 2. The maximum absolute atomic E-state index is 5.71. The summed E-state index contributed by atoms with van der Waals surface area (Å²) in [6.45, 7) is 11.5. The highest BCUT2D eigenvalue weighted by Gasteiger charge is 2.24. The Balaban J connectivity index is 4.25. The Kier molecular flexibility index (Phi) is 7.15. The van der Waals surface area contributed by atoms with Gasteiger partial charge in [-0.2, -0.15) is 0 Å². The van der Waals surface area contributed by atoms with E-state index in [4.69, 9.17) is 10.6 Å². The zero-order valence-corrected chi connectivity index (χ0v) is 10.2. The molecule has 0 aliphatic carbocycles. The minimum absolute atomic E-state index is 0.215. The molecule has 0 radical (unpaired) electrons. The molecule has 14 heavy (non-hydrogen) atoms. The maximum atomic E-state index is 5.71. The van der Waals surface area contributed by atoms with Gasteiger partial charge in [-0.3, -0.25) is 11.3 Å². The summed E-state index contributed by atoms with van der Waals surface area (Å²) in [7, 11) is 0. The van der Waals surface area contributed by atoms with Crippen LogP contribution in [-0.2, 0) is 4.74 Å². The lowest BCUT2D eigenvalue weighted by atomic mass is 9.93. The number of rotatable bonds is 7. The van der Waals surface area contributed by atoms with Crippen LogP contribution in [0.25, 0.3) is 0 Å². The second-order valence-corrected chi connectivity index (χ2v) is 4.57. The highest BCUT2D eigenvalue weighted by Crippen LogP contribution is 2.16. The molecule has 0 bridgehead atoms. The normalized spacial score (nSPS) is 16.3. The van der Waals surface area contributed by atoms with E-state index in [0.29, 0.717) is 11.8 Å². The van der Waals surface area contributed by atoms with Crippen LogP contribution in [0.5, 0.6) is 0 Å². The third-order valence-electron chi connectivity index (χ3n) is 2.35. The maximum Gasteiger partial charge on any atom is 0.0764 e. The van der Waals surface area contributed by atoms with E-state index < -0.39 is 0 Å². The van der Waals surface area contributed by atoms with E-state index >= 15 is 0 Å². The molecule has 0 spiro atoms. The largest absolute Gasteiger partial charge is 0.377 e. The molecule has 0 saturated heterocycles. The molecular formula is C11H26N2O. The molecule has 0 amide bonds. The molecule has 0 heterocycles. The molecule has 0 aromatic heterocycles. The van der Waals surface area contributed by atoms with Gasteiger partial charge in [0.15, 0.2) is 0 Å². The average molecular weight is 202 g/mol. The van der Waals surface area contributed by atoms with Crippen molar-refractivity contribution >= 4 is 0 Å². The molecule has 3 heteroatoms. The quantitative estimate of drug-likeness (QED) is 0.490. The second kappa shape index (κ2) is 7.21. The van der Waals surface area contributed by atoms with Gasteiger partial charge < -0.3 is 4.74 Å². The Hall–Kier alpha value is -0.120. The number of hydrazine groups is 1. The standard InChI is InChI=1S/C11H26N2O/c1-6-14-11(9(4)5)10(13-12)7-8(2)3/h8-11,13H,6-7,12H2,1-5H3. The number of ether oxygens (including phenoxy) is 1. The van der Waals surface area contributed by atoms with Crippen LogP contribution < -0.4 is 11.3 Å². The van der Waals surface area contributed by atoms with E-state index in [1.807, 2.05) is 6.92 Å². The number of nitrogens with one attached hydrogen (secondary N) is 1. The van der Waals surface area contributed by atoms with E-state index in [1.165, 1.54) is 0 Å². The molecule has 0 aliphatic rings. The first kappa shape index (κ1) is 13.9. The van der Waals surface area contributed by atoms with Crippen LogP contribution in [-0.4, -0.2) is 18.8 Å². The van der Waals surface area contributed by atoms with Crippen molar-refractivity contribution in [3.63, 3.8) is 0 Å². The lowest BCUT2D eigenvalue weighted by Gasteiger charge is -2.30. The molecular weight excluding hydrogens is 176 g/mol. The minimum atomic E-state index is 0.215. The van der Waals surface area contributed by atoms with Crippen LogP contribution in [0.4, 0.5) is 0 Å². The third kappa shape index (κ3) is 4.94. The molecule has 0 aromatic rings. The topological polar surface area (TPSA) is 47.3 Å². The predicted octanol–water partition coefficient (Wildman–Crippen LogP) is 1.93. The van der Waals surface area contributed by atoms with E-state index in [0.717, 1.165) is 13.0 Å². The van der Waals surface area contributed by atoms with Crippen LogP contribution >= 0.6 is 0 Å². The first-order valence-electron chi connectivity index (χ1n) is 5.60. The number of nitrogens with two attached hydrogens (primary N) is 1. The second-order valence-electron chi connectivity index (χ2n) is 4.57. The van der Waals surface area contributed by atoms with Crippen molar-refractivity contribution in [1.29, 1.82) is 0 Å². The first-order valence-corrected chi connectivity index (χ1v) is 5.60. The fourth-order valence-corrected chi connectivity index (χ4v) is 1.77. The summed E-state index contributed by atoms with van der Waals surface area (Å²) in [5.74, 6) is 6.69. The predicted molar refractivity (Wildman–Crippen MR) is 60.8 cm³/mol. The van der Waals surface area contributed by atoms with Crippen LogP contribution in [0.15, 0.2) is 0 Å². The van der Waals surface area contributed by atoms with Gasteiger partial charge in [0.1, 0.15) is 0 Å². The zero-order valence-electron chi connectivity index (χ0n) is 10.2. The van der Waals surface area contributed by atoms with Crippen molar-refractivity contribution < 1.29 is 4.74 Å². The van der Waals surface area contributed by atoms with E-state index in [2.05, 4.69) is 33.1 Å². The molecule has 3 nitrogen and oxygen atoms in total. The van der Waals surface area contributed by atoms with E-state index in [9.17, 15) is 0 Å². The summed E-state index contributed by atoms with van der Waals surface area (Å²) in [4.78, 5) is 0. The fourth-order valence-electron chi connectivity index (χ4n) is 1.77. The van der Waals surface area contributed by atoms with E-state index in [1.54, 1.807) is 0 Å². The van der Waals surface area contributed by atoms with Crippen LogP contribution in [0.2, 0.25) is 0 Å². The summed E-state index contributed by atoms with van der Waals surface area (Å²) in [6, 6.07) is 0.259. The van der Waals surface area contributed by atoms with Crippen LogP contribution in [0, 0.1) is 11.8 Å². The Morgan fingerprint density at radius 1 is 1.21 bits per heavy atom. The Morgan fingerprint density at radius 2 is 1.79 bits per heavy atom. The summed E-state index contributed by atoms with van der Waals surface area (Å²) in [6.07, 6.45) is 1.27. The fraction of sp³-hybridized carbons (Fsp3) is 1.00. The van der Waals surface area contributed by atoms with Gasteiger partial charge in [-0.05, 0) is 25.2 Å². The van der Waals surface area contributed by atoms with Crippen molar-refractivity contribution in [2.24, 2.45) is 17.7 Å². The van der Waals surface area contributed by atoms with Crippen molar-refractivity contribution in [2.45, 2.75) is 53.2 Å². The zero-order chi connectivity index (χ0) is 11.1. The lowest BCUT2D eigenvalue weighted by Crippen LogP contribution is -2.48. The Bertz CT molecular complexity index is 137. The smallest absolute Gasteiger partial charge is 0.0764 e. The van der Waals surface area contributed by atoms with Gasteiger partial charge in [-0.15, -0.1) is 0 Å². The number of hydrogen-bond acceptors (Lipinski definition) is 3. The van der Waals surface area contributed by atoms with Gasteiger partial charge in [0, 0.05) is 12.6 Å². The van der Waals surface area contributed by atoms with Crippen LogP contribution in [0.3, 0.4) is 0 Å². The van der Waals surface area contributed by atoms with Crippen LogP contribution in [0.1, 0.15) is 41.0 Å². The molecule has 86 valence electrons. The van der Waals surface area contributed by atoms with Gasteiger partial charge in [0.2, 0.25) is 0 Å². The molecule has 2 unspecified atom stereocenters. The van der Waals surface area contributed by atoms with Crippen molar-refractivity contribution in [3.05, 3.63) is 0 Å². The molecule has 0 aromatic carbocycles. The monoisotopic (exact) mass is 202 g/mol.